The van der Waals surface area contributed by atoms with Crippen molar-refractivity contribution in [2.75, 3.05) is 13.7 Å². The highest BCUT2D eigenvalue weighted by Gasteiger charge is 2.08. The Labute approximate surface area is 159 Å². The smallest absolute Gasteiger partial charge is 0.337 e. The van der Waals surface area contributed by atoms with Crippen LogP contribution in [0.1, 0.15) is 15.9 Å². The average Bonchev–Trinajstić information content (AvgIpc) is 3.34. The number of hydrogen-bond acceptors (Lipinski definition) is 6. The van der Waals surface area contributed by atoms with E-state index in [2.05, 4.69) is 22.7 Å². The average molecular weight is 383 g/mol. The molecule has 5 nitrogen and oxygen atoms in total. The molecule has 0 N–H and O–H groups in total. The lowest BCUT2D eigenvalue weighted by atomic mass is 10.1. The lowest BCUT2D eigenvalue weighted by molar-refractivity contribution is 0.0600. The van der Waals surface area contributed by atoms with Crippen LogP contribution in [0.25, 0.3) is 10.6 Å². The Morgan fingerprint density at radius 1 is 1.27 bits per heavy atom. The van der Waals surface area contributed by atoms with Gasteiger partial charge in [-0.2, -0.15) is 5.10 Å². The molecule has 0 amide bonds. The summed E-state index contributed by atoms with van der Waals surface area (Å²) in [5, 5.41) is 8.69. The molecule has 0 fully saturated rings. The van der Waals surface area contributed by atoms with Gasteiger partial charge in [-0.05, 0) is 29.1 Å². The van der Waals surface area contributed by atoms with Crippen molar-refractivity contribution in [3.05, 3.63) is 75.7 Å². The van der Waals surface area contributed by atoms with E-state index in [-0.39, 0.29) is 5.97 Å². The van der Waals surface area contributed by atoms with Crippen LogP contribution in [0.2, 0.25) is 0 Å². The Balaban J connectivity index is 1.95. The first-order valence-electron chi connectivity index (χ1n) is 7.81. The lowest BCUT2D eigenvalue weighted by Crippen LogP contribution is -2.12. The predicted octanol–water partition coefficient (Wildman–Crippen LogP) is 4.03. The fourth-order valence-electron chi connectivity index (χ4n) is 2.20. The fraction of sp³-hybridized carbons (Fsp3) is 0.105. The van der Waals surface area contributed by atoms with E-state index in [1.165, 1.54) is 18.4 Å². The van der Waals surface area contributed by atoms with Crippen LogP contribution >= 0.6 is 22.7 Å². The van der Waals surface area contributed by atoms with Gasteiger partial charge in [-0.1, -0.05) is 24.3 Å². The number of thiophene rings is 1. The van der Waals surface area contributed by atoms with Crippen LogP contribution in [0.4, 0.5) is 0 Å². The third-order valence-corrected chi connectivity index (χ3v) is 5.22. The minimum atomic E-state index is -0.355. The van der Waals surface area contributed by atoms with Crippen LogP contribution in [0.5, 0.6) is 0 Å². The van der Waals surface area contributed by atoms with Crippen molar-refractivity contribution in [3.63, 3.8) is 0 Å². The number of aromatic nitrogens is 1. The highest BCUT2D eigenvalue weighted by molar-refractivity contribution is 7.14. The molecule has 0 aliphatic heterocycles. The molecule has 0 saturated heterocycles. The monoisotopic (exact) mass is 383 g/mol. The molecule has 0 aliphatic rings. The molecule has 0 unspecified atom stereocenters. The largest absolute Gasteiger partial charge is 0.465 e. The van der Waals surface area contributed by atoms with E-state index in [0.717, 1.165) is 20.9 Å². The summed E-state index contributed by atoms with van der Waals surface area (Å²) < 4.78 is 6.54. The van der Waals surface area contributed by atoms with Crippen molar-refractivity contribution in [2.24, 2.45) is 10.1 Å². The number of ether oxygens (including phenoxy) is 1. The van der Waals surface area contributed by atoms with Gasteiger partial charge in [0.1, 0.15) is 0 Å². The maximum Gasteiger partial charge on any atom is 0.337 e. The molecule has 26 heavy (non-hydrogen) atoms. The first-order chi connectivity index (χ1) is 12.7. The van der Waals surface area contributed by atoms with E-state index in [4.69, 9.17) is 4.74 Å². The molecule has 2 heterocycles. The van der Waals surface area contributed by atoms with Crippen molar-refractivity contribution in [3.8, 4) is 10.6 Å². The minimum Gasteiger partial charge on any atom is -0.465 e. The number of methoxy groups -OCH3 is 1. The third-order valence-electron chi connectivity index (χ3n) is 3.47. The number of rotatable bonds is 6. The number of carbonyl (C=O) groups excluding carboxylic acids is 1. The quantitative estimate of drug-likeness (QED) is 0.367. The number of esters is 1. The molecule has 0 bridgehead atoms. The first-order valence-corrected chi connectivity index (χ1v) is 9.57. The van der Waals surface area contributed by atoms with E-state index in [9.17, 15) is 4.79 Å². The number of thiazole rings is 1. The Hall–Kier alpha value is -2.77. The van der Waals surface area contributed by atoms with Gasteiger partial charge in [0.25, 0.3) is 0 Å². The van der Waals surface area contributed by atoms with Crippen molar-refractivity contribution in [1.29, 1.82) is 0 Å². The van der Waals surface area contributed by atoms with Gasteiger partial charge in [-0.3, -0.25) is 4.99 Å². The molecule has 0 radical (unpaired) electrons. The zero-order chi connectivity index (χ0) is 18.4. The van der Waals surface area contributed by atoms with Gasteiger partial charge in [-0.25, -0.2) is 9.47 Å². The van der Waals surface area contributed by atoms with Crippen molar-refractivity contribution in [1.82, 2.24) is 4.68 Å². The molecule has 2 aromatic heterocycles. The molecule has 0 saturated carbocycles. The van der Waals surface area contributed by atoms with E-state index < -0.39 is 0 Å². The van der Waals surface area contributed by atoms with Crippen LogP contribution in [0.3, 0.4) is 0 Å². The summed E-state index contributed by atoms with van der Waals surface area (Å²) in [7, 11) is 1.37. The van der Waals surface area contributed by atoms with Gasteiger partial charge < -0.3 is 4.74 Å². The summed E-state index contributed by atoms with van der Waals surface area (Å²) in [5.74, 6) is -0.355. The summed E-state index contributed by atoms with van der Waals surface area (Å²) >= 11 is 3.19. The van der Waals surface area contributed by atoms with Crippen LogP contribution in [0.15, 0.2) is 69.9 Å². The molecule has 1 aromatic carbocycles. The minimum absolute atomic E-state index is 0.355. The molecular weight excluding hydrogens is 366 g/mol. The highest BCUT2D eigenvalue weighted by Crippen LogP contribution is 2.25. The predicted molar refractivity (Wildman–Crippen MR) is 107 cm³/mol. The number of hydrogen-bond donors (Lipinski definition) is 0. The zero-order valence-electron chi connectivity index (χ0n) is 14.2. The van der Waals surface area contributed by atoms with Crippen LogP contribution in [0, 0.1) is 0 Å². The second kappa shape index (κ2) is 8.55. The van der Waals surface area contributed by atoms with E-state index in [1.807, 2.05) is 33.6 Å². The highest BCUT2D eigenvalue weighted by atomic mass is 32.1. The summed E-state index contributed by atoms with van der Waals surface area (Å²) in [6.45, 7) is 4.25. The van der Waals surface area contributed by atoms with E-state index in [0.29, 0.717) is 12.1 Å². The summed E-state index contributed by atoms with van der Waals surface area (Å²) in [6.07, 6.45) is 3.50. The van der Waals surface area contributed by atoms with Crippen LogP contribution in [-0.4, -0.2) is 30.5 Å². The Kier molecular flexibility index (Phi) is 5.93. The summed E-state index contributed by atoms with van der Waals surface area (Å²) in [5.41, 5.74) is 2.38. The molecule has 0 spiro atoms. The molecular formula is C19H17N3O2S2. The van der Waals surface area contributed by atoms with Gasteiger partial charge in [0.05, 0.1) is 36.0 Å². The van der Waals surface area contributed by atoms with Gasteiger partial charge >= 0.3 is 5.97 Å². The molecule has 0 atom stereocenters. The molecule has 3 aromatic rings. The van der Waals surface area contributed by atoms with Gasteiger partial charge in [0.2, 0.25) is 4.80 Å². The molecule has 132 valence electrons. The maximum absolute atomic E-state index is 11.5. The van der Waals surface area contributed by atoms with Gasteiger partial charge in [-0.15, -0.1) is 29.3 Å². The molecule has 7 heteroatoms. The zero-order valence-corrected chi connectivity index (χ0v) is 15.8. The van der Waals surface area contributed by atoms with Crippen LogP contribution in [-0.2, 0) is 4.74 Å². The van der Waals surface area contributed by atoms with Crippen molar-refractivity contribution in [2.45, 2.75) is 0 Å². The summed E-state index contributed by atoms with van der Waals surface area (Å²) in [4.78, 5) is 17.9. The van der Waals surface area contributed by atoms with Gasteiger partial charge in [0, 0.05) is 5.38 Å². The van der Waals surface area contributed by atoms with Crippen molar-refractivity contribution < 1.29 is 9.53 Å². The normalized spacial score (nSPS) is 11.8. The topological polar surface area (TPSA) is 56.0 Å². The Morgan fingerprint density at radius 3 is 2.73 bits per heavy atom. The third kappa shape index (κ3) is 4.07. The second-order valence-electron chi connectivity index (χ2n) is 5.18. The van der Waals surface area contributed by atoms with E-state index in [1.54, 1.807) is 35.8 Å². The van der Waals surface area contributed by atoms with Crippen molar-refractivity contribution >= 4 is 34.9 Å². The maximum atomic E-state index is 11.5. The first kappa shape index (κ1) is 18.0. The molecule has 0 aliphatic carbocycles. The SMILES string of the molecule is C=CCN=c1scc(-c2cccs2)n1N=Cc1ccc(C(=O)OC)cc1. The lowest BCUT2D eigenvalue weighted by Gasteiger charge is -2.02. The number of carbonyl (C=O) groups is 1. The Morgan fingerprint density at radius 2 is 2.08 bits per heavy atom. The van der Waals surface area contributed by atoms with Gasteiger partial charge in [0.15, 0.2) is 0 Å². The number of benzene rings is 1. The number of nitrogens with zero attached hydrogens (tertiary/aromatic N) is 3. The Bertz CT molecular complexity index is 981. The van der Waals surface area contributed by atoms with E-state index >= 15 is 0 Å². The second-order valence-corrected chi connectivity index (χ2v) is 6.96. The van der Waals surface area contributed by atoms with Crippen LogP contribution < -0.4 is 4.80 Å². The molecule has 3 rings (SSSR count). The standard InChI is InChI=1S/C19H17N3O2S2/c1-3-10-20-19-22(16(13-26-19)17-5-4-11-25-17)21-12-14-6-8-15(9-7-14)18(23)24-2/h3-9,11-13H,1,10H2,2H3. The summed E-state index contributed by atoms with van der Waals surface area (Å²) in [6, 6.07) is 11.2. The fourth-order valence-corrected chi connectivity index (χ4v) is 3.84.